The quantitative estimate of drug-likeness (QED) is 0.0243. The van der Waals surface area contributed by atoms with Crippen molar-refractivity contribution < 1.29 is 32.9 Å². The van der Waals surface area contributed by atoms with Crippen molar-refractivity contribution in [3.05, 3.63) is 97.2 Å². The summed E-state index contributed by atoms with van der Waals surface area (Å²) < 4.78 is 23.5. The lowest BCUT2D eigenvalue weighted by atomic mass is 10.0. The van der Waals surface area contributed by atoms with E-state index in [1.165, 1.54) is 135 Å². The van der Waals surface area contributed by atoms with Gasteiger partial charge in [-0.15, -0.1) is 0 Å². The average molecular weight is 1010 g/mol. The van der Waals surface area contributed by atoms with Crippen molar-refractivity contribution in [1.29, 1.82) is 0 Å². The second kappa shape index (κ2) is 52.3. The highest BCUT2D eigenvalue weighted by atomic mass is 31.2. The van der Waals surface area contributed by atoms with Crippen LogP contribution in [0.25, 0.3) is 0 Å². The van der Waals surface area contributed by atoms with Crippen molar-refractivity contribution in [3.63, 3.8) is 0 Å². The van der Waals surface area contributed by atoms with Crippen LogP contribution < -0.4 is 5.32 Å². The maximum absolute atomic E-state index is 12.9. The Kier molecular flexibility index (Phi) is 50.4. The normalized spacial score (nSPS) is 14.6. The minimum Gasteiger partial charge on any atom is -0.387 e. The number of rotatable bonds is 52. The van der Waals surface area contributed by atoms with E-state index in [0.29, 0.717) is 17.4 Å². The highest BCUT2D eigenvalue weighted by Gasteiger charge is 2.27. The number of hydrogen-bond acceptors (Lipinski definition) is 5. The summed E-state index contributed by atoms with van der Waals surface area (Å²) in [5.74, 6) is -0.181. The third-order valence-corrected chi connectivity index (χ3v) is 13.5. The lowest BCUT2D eigenvalue weighted by Crippen LogP contribution is -2.45. The number of carbonyl (C=O) groups excluding carboxylic acids is 1. The third kappa shape index (κ3) is 55.0. The summed E-state index contributed by atoms with van der Waals surface area (Å²) in [5, 5.41) is 13.8. The molecule has 3 N–H and O–H groups in total. The Hall–Kier alpha value is -2.58. The first-order chi connectivity index (χ1) is 34.5. The van der Waals surface area contributed by atoms with Crippen LogP contribution in [0.15, 0.2) is 97.2 Å². The number of phosphoric acid groups is 1. The van der Waals surface area contributed by atoms with E-state index in [-0.39, 0.29) is 19.1 Å². The van der Waals surface area contributed by atoms with Crippen molar-refractivity contribution in [3.8, 4) is 0 Å². The summed E-state index contributed by atoms with van der Waals surface area (Å²) >= 11 is 0. The fourth-order valence-corrected chi connectivity index (χ4v) is 8.76. The van der Waals surface area contributed by atoms with Crippen molar-refractivity contribution in [2.24, 2.45) is 0 Å². The molecule has 410 valence electrons. The minimum absolute atomic E-state index is 0.0595. The topological polar surface area (TPSA) is 105 Å². The number of likely N-dealkylation sites (N-methyl/N-ethyl adjacent to an activating group) is 1. The summed E-state index contributed by atoms with van der Waals surface area (Å²) in [7, 11) is 1.57. The van der Waals surface area contributed by atoms with E-state index in [0.717, 1.165) is 83.5 Å². The van der Waals surface area contributed by atoms with Crippen molar-refractivity contribution in [2.45, 2.75) is 251 Å². The van der Waals surface area contributed by atoms with Gasteiger partial charge in [0.15, 0.2) is 0 Å². The molecule has 0 aliphatic rings. The highest BCUT2D eigenvalue weighted by molar-refractivity contribution is 7.47. The number of nitrogens with zero attached hydrogens (tertiary/aromatic N) is 1. The molecule has 0 radical (unpaired) electrons. The van der Waals surface area contributed by atoms with E-state index in [1.54, 1.807) is 6.08 Å². The lowest BCUT2D eigenvalue weighted by Gasteiger charge is -2.25. The molecule has 0 spiro atoms. The summed E-state index contributed by atoms with van der Waals surface area (Å²) in [4.78, 5) is 23.1. The lowest BCUT2D eigenvalue weighted by molar-refractivity contribution is -0.870. The molecule has 71 heavy (non-hydrogen) atoms. The van der Waals surface area contributed by atoms with Crippen LogP contribution in [0.5, 0.6) is 0 Å². The minimum atomic E-state index is -4.34. The molecule has 0 rings (SSSR count). The molecule has 0 saturated heterocycles. The first kappa shape index (κ1) is 68.4. The maximum atomic E-state index is 12.9. The number of allylic oxidation sites excluding steroid dienone is 15. The first-order valence-electron chi connectivity index (χ1n) is 29.1. The van der Waals surface area contributed by atoms with Gasteiger partial charge in [-0.05, 0) is 77.0 Å². The molecule has 0 bridgehead atoms. The van der Waals surface area contributed by atoms with Gasteiger partial charge >= 0.3 is 7.82 Å². The molecule has 0 aliphatic heterocycles. The average Bonchev–Trinajstić information content (AvgIpc) is 3.33. The Morgan fingerprint density at radius 3 is 1.24 bits per heavy atom. The maximum Gasteiger partial charge on any atom is 0.472 e. The number of carbonyl (C=O) groups is 1. The number of amides is 1. The van der Waals surface area contributed by atoms with Crippen LogP contribution in [0.1, 0.15) is 239 Å². The summed E-state index contributed by atoms with van der Waals surface area (Å²) in [6, 6.07) is -0.846. The van der Waals surface area contributed by atoms with Crippen LogP contribution in [-0.2, 0) is 18.4 Å². The number of quaternary nitrogens is 1. The van der Waals surface area contributed by atoms with Crippen LogP contribution in [0.2, 0.25) is 0 Å². The zero-order chi connectivity index (χ0) is 52.0. The van der Waals surface area contributed by atoms with Gasteiger partial charge in [0.2, 0.25) is 5.91 Å². The van der Waals surface area contributed by atoms with Crippen molar-refractivity contribution >= 4 is 13.7 Å². The smallest absolute Gasteiger partial charge is 0.387 e. The van der Waals surface area contributed by atoms with Gasteiger partial charge in [-0.2, -0.15) is 0 Å². The predicted molar refractivity (Wildman–Crippen MR) is 309 cm³/mol. The molecule has 3 unspecified atom stereocenters. The third-order valence-electron chi connectivity index (χ3n) is 12.6. The van der Waals surface area contributed by atoms with E-state index in [2.05, 4.69) is 104 Å². The zero-order valence-corrected chi connectivity index (χ0v) is 47.6. The molecule has 1 amide bonds. The van der Waals surface area contributed by atoms with Gasteiger partial charge in [0.1, 0.15) is 13.2 Å². The van der Waals surface area contributed by atoms with Gasteiger partial charge in [-0.3, -0.25) is 13.8 Å². The van der Waals surface area contributed by atoms with E-state index in [9.17, 15) is 19.4 Å². The Morgan fingerprint density at radius 2 is 0.845 bits per heavy atom. The molecule has 3 atom stereocenters. The SMILES string of the molecule is CC/C=C\C/C=C\C/C=C\C/C=C\C/C=C\C/C=C\C/C=C\CCCCCCCCCCCCCCCCCCCCCC(=O)NC(COP(=O)(O)OCC[N+](C)(C)C)C(O)/C=C/CCCCCCCC. The Bertz CT molecular complexity index is 1470. The van der Waals surface area contributed by atoms with E-state index < -0.39 is 20.0 Å². The molecule has 0 aromatic rings. The number of aliphatic hydroxyl groups excluding tert-OH is 1. The molecule has 0 heterocycles. The zero-order valence-electron chi connectivity index (χ0n) is 46.7. The van der Waals surface area contributed by atoms with Crippen LogP contribution in [-0.4, -0.2) is 73.4 Å². The monoisotopic (exact) mass is 1010 g/mol. The molecule has 9 heteroatoms. The number of unbranched alkanes of at least 4 members (excludes halogenated alkanes) is 25. The van der Waals surface area contributed by atoms with E-state index in [1.807, 2.05) is 27.2 Å². The Morgan fingerprint density at radius 1 is 0.493 bits per heavy atom. The summed E-state index contributed by atoms with van der Waals surface area (Å²) in [6.45, 7) is 4.65. The van der Waals surface area contributed by atoms with E-state index >= 15 is 0 Å². The predicted octanol–water partition coefficient (Wildman–Crippen LogP) is 17.8. The van der Waals surface area contributed by atoms with Gasteiger partial charge in [0.25, 0.3) is 0 Å². The first-order valence-corrected chi connectivity index (χ1v) is 30.6. The van der Waals surface area contributed by atoms with Gasteiger partial charge in [0, 0.05) is 6.42 Å². The number of nitrogens with one attached hydrogen (secondary N) is 1. The Balaban J connectivity index is 3.84. The van der Waals surface area contributed by atoms with Gasteiger partial charge in [-0.1, -0.05) is 252 Å². The van der Waals surface area contributed by atoms with E-state index in [4.69, 9.17) is 9.05 Å². The molecule has 8 nitrogen and oxygen atoms in total. The summed E-state index contributed by atoms with van der Waals surface area (Å²) in [6.07, 6.45) is 75.5. The van der Waals surface area contributed by atoms with Gasteiger partial charge in [0.05, 0.1) is 39.9 Å². The number of hydrogen-bond donors (Lipinski definition) is 3. The largest absolute Gasteiger partial charge is 0.472 e. The van der Waals surface area contributed by atoms with Crippen LogP contribution in [0, 0.1) is 0 Å². The molecule has 0 fully saturated rings. The van der Waals surface area contributed by atoms with Crippen LogP contribution in [0.3, 0.4) is 0 Å². The molecular weight excluding hydrogens is 900 g/mol. The van der Waals surface area contributed by atoms with Crippen LogP contribution in [0.4, 0.5) is 0 Å². The number of aliphatic hydroxyl groups is 1. The Labute approximate surface area is 439 Å². The molecular formula is C62H112N2O6P+. The van der Waals surface area contributed by atoms with Gasteiger partial charge < -0.3 is 19.8 Å². The highest BCUT2D eigenvalue weighted by Crippen LogP contribution is 2.43. The molecule has 0 aromatic carbocycles. The second-order valence-corrected chi connectivity index (χ2v) is 22.1. The standard InChI is InChI=1S/C62H111N2O6P/c1-6-8-10-12-14-16-17-18-19-20-21-22-23-24-25-26-27-28-29-30-31-32-33-34-35-36-37-38-39-40-41-42-43-44-45-46-47-48-50-52-54-56-62(66)63-60(59-70-71(67,68)69-58-57-64(3,4)5)61(65)55-53-51-49-15-13-11-9-7-2/h8,10,14,16,18-19,21-22,24-25,27-28,30-31,53,55,60-61,65H,6-7,9,11-13,15,17,20,23,26,29,32-52,54,56-59H2,1-5H3,(H-,63,66,67,68)/p+1/b10-8-,16-14-,19-18-,22-21-,25-24-,28-27-,31-30-,55-53+. The van der Waals surface area contributed by atoms with Crippen molar-refractivity contribution in [1.82, 2.24) is 5.32 Å². The molecule has 0 aromatic heterocycles. The summed E-state index contributed by atoms with van der Waals surface area (Å²) in [5.41, 5.74) is 0. The van der Waals surface area contributed by atoms with Gasteiger partial charge in [-0.25, -0.2) is 4.57 Å². The number of phosphoric ester groups is 1. The molecule has 0 saturated carbocycles. The van der Waals surface area contributed by atoms with Crippen LogP contribution >= 0.6 is 7.82 Å². The second-order valence-electron chi connectivity index (χ2n) is 20.6. The van der Waals surface area contributed by atoms with Crippen molar-refractivity contribution in [2.75, 3.05) is 40.9 Å². The fourth-order valence-electron chi connectivity index (χ4n) is 8.02. The fraction of sp³-hybridized carbons (Fsp3) is 0.726. The molecule has 0 aliphatic carbocycles.